The van der Waals surface area contributed by atoms with Crippen LogP contribution in [0.15, 0.2) is 32.4 Å². The standard InChI is InChI=1S/C7H4BrN3O2/c8-6-3-1-5(13-6)2-4-7(12)10-11-9/h1-4H/b4-2+. The van der Waals surface area contributed by atoms with Gasteiger partial charge in [0.2, 0.25) is 5.91 Å². The van der Waals surface area contributed by atoms with Crippen LogP contribution in [0.2, 0.25) is 0 Å². The number of azide groups is 1. The van der Waals surface area contributed by atoms with Crippen molar-refractivity contribution in [1.29, 1.82) is 0 Å². The number of carbonyl (C=O) groups excluding carboxylic acids is 1. The molecule has 0 saturated carbocycles. The Bertz CT molecular complexity index is 390. The molecule has 1 rings (SSSR count). The molecule has 1 amide bonds. The Hall–Kier alpha value is -1.52. The molecule has 0 radical (unpaired) electrons. The van der Waals surface area contributed by atoms with Crippen LogP contribution < -0.4 is 0 Å². The number of carbonyl (C=O) groups is 1. The Balaban J connectivity index is 2.68. The van der Waals surface area contributed by atoms with Gasteiger partial charge in [-0.3, -0.25) is 4.79 Å². The number of hydrogen-bond acceptors (Lipinski definition) is 2. The summed E-state index contributed by atoms with van der Waals surface area (Å²) in [5.74, 6) is -0.150. The van der Waals surface area contributed by atoms with Crippen LogP contribution in [0.1, 0.15) is 5.76 Å². The van der Waals surface area contributed by atoms with Gasteiger partial charge in [-0.1, -0.05) is 0 Å². The minimum absolute atomic E-state index is 0.508. The first-order valence-electron chi connectivity index (χ1n) is 3.25. The van der Waals surface area contributed by atoms with Crippen molar-refractivity contribution in [1.82, 2.24) is 0 Å². The maximum absolute atomic E-state index is 10.7. The molecule has 66 valence electrons. The quantitative estimate of drug-likeness (QED) is 0.346. The van der Waals surface area contributed by atoms with Gasteiger partial charge in [0.15, 0.2) is 4.67 Å². The second kappa shape index (κ2) is 4.49. The highest BCUT2D eigenvalue weighted by molar-refractivity contribution is 9.10. The van der Waals surface area contributed by atoms with Crippen LogP contribution in [0, 0.1) is 0 Å². The van der Waals surface area contributed by atoms with Gasteiger partial charge in [0, 0.05) is 4.91 Å². The second-order valence-electron chi connectivity index (χ2n) is 2.00. The molecular formula is C7H4BrN3O2. The molecule has 13 heavy (non-hydrogen) atoms. The molecule has 1 aromatic rings. The first-order chi connectivity index (χ1) is 6.22. The first-order valence-corrected chi connectivity index (χ1v) is 4.04. The molecular weight excluding hydrogens is 238 g/mol. The van der Waals surface area contributed by atoms with Gasteiger partial charge in [0.1, 0.15) is 5.76 Å². The summed E-state index contributed by atoms with van der Waals surface area (Å²) in [6.45, 7) is 0. The van der Waals surface area contributed by atoms with Crippen molar-refractivity contribution in [2.24, 2.45) is 5.11 Å². The van der Waals surface area contributed by atoms with E-state index in [0.29, 0.717) is 10.4 Å². The third-order valence-corrected chi connectivity index (χ3v) is 1.55. The summed E-state index contributed by atoms with van der Waals surface area (Å²) in [6.07, 6.45) is 2.55. The number of halogens is 1. The van der Waals surface area contributed by atoms with Gasteiger partial charge in [-0.2, -0.15) is 0 Å². The third-order valence-electron chi connectivity index (χ3n) is 1.13. The maximum atomic E-state index is 10.7. The number of rotatable bonds is 2. The van der Waals surface area contributed by atoms with Crippen molar-refractivity contribution in [3.8, 4) is 0 Å². The lowest BCUT2D eigenvalue weighted by atomic mass is 10.4. The van der Waals surface area contributed by atoms with E-state index in [1.807, 2.05) is 0 Å². The van der Waals surface area contributed by atoms with Crippen LogP contribution in [0.5, 0.6) is 0 Å². The summed E-state index contributed by atoms with van der Waals surface area (Å²) in [5.41, 5.74) is 7.91. The Morgan fingerprint density at radius 1 is 1.69 bits per heavy atom. The van der Waals surface area contributed by atoms with E-state index in [9.17, 15) is 4.79 Å². The summed E-state index contributed by atoms with van der Waals surface area (Å²) < 4.78 is 5.63. The maximum Gasteiger partial charge on any atom is 0.242 e. The first kappa shape index (κ1) is 9.57. The van der Waals surface area contributed by atoms with Gasteiger partial charge in [-0.05, 0) is 50.9 Å². The summed E-state index contributed by atoms with van der Waals surface area (Å²) >= 11 is 3.10. The van der Waals surface area contributed by atoms with Crippen molar-refractivity contribution in [2.75, 3.05) is 0 Å². The van der Waals surface area contributed by atoms with Gasteiger partial charge in [0.05, 0.1) is 0 Å². The molecule has 0 aliphatic carbocycles. The van der Waals surface area contributed by atoms with Gasteiger partial charge < -0.3 is 4.42 Å². The van der Waals surface area contributed by atoms with Crippen LogP contribution in [0.4, 0.5) is 0 Å². The molecule has 0 fully saturated rings. The summed E-state index contributed by atoms with van der Waals surface area (Å²) in [6, 6.07) is 3.36. The van der Waals surface area contributed by atoms with Crippen LogP contribution in [0.3, 0.4) is 0 Å². The molecule has 0 N–H and O–H groups in total. The predicted octanol–water partition coefficient (Wildman–Crippen LogP) is 2.89. The highest BCUT2D eigenvalue weighted by atomic mass is 79.9. The third kappa shape index (κ3) is 3.14. The molecule has 0 saturated heterocycles. The van der Waals surface area contributed by atoms with Crippen LogP contribution >= 0.6 is 15.9 Å². The summed E-state index contributed by atoms with van der Waals surface area (Å²) in [5, 5.41) is 2.85. The predicted molar refractivity (Wildman–Crippen MR) is 49.6 cm³/mol. The second-order valence-corrected chi connectivity index (χ2v) is 2.78. The Labute approximate surface area is 81.8 Å². The summed E-state index contributed by atoms with van der Waals surface area (Å²) in [7, 11) is 0. The van der Waals surface area contributed by atoms with E-state index in [0.717, 1.165) is 6.08 Å². The molecule has 6 heteroatoms. The number of amides is 1. The van der Waals surface area contributed by atoms with E-state index in [1.54, 1.807) is 12.1 Å². The SMILES string of the molecule is [N-]=[N+]=NC(=O)/C=C/c1ccc(Br)o1. The fourth-order valence-corrected chi connectivity index (χ4v) is 0.968. The average molecular weight is 242 g/mol. The van der Waals surface area contributed by atoms with Gasteiger partial charge >= 0.3 is 0 Å². The largest absolute Gasteiger partial charge is 0.450 e. The molecule has 0 atom stereocenters. The summed E-state index contributed by atoms with van der Waals surface area (Å²) in [4.78, 5) is 13.0. The number of nitrogens with zero attached hydrogens (tertiary/aromatic N) is 3. The Morgan fingerprint density at radius 3 is 3.00 bits per heavy atom. The average Bonchev–Trinajstić information content (AvgIpc) is 2.49. The van der Waals surface area contributed by atoms with E-state index in [-0.39, 0.29) is 0 Å². The van der Waals surface area contributed by atoms with Crippen molar-refractivity contribution >= 4 is 27.9 Å². The smallest absolute Gasteiger partial charge is 0.242 e. The van der Waals surface area contributed by atoms with Crippen molar-refractivity contribution < 1.29 is 9.21 Å². The number of hydrogen-bond donors (Lipinski definition) is 0. The minimum Gasteiger partial charge on any atom is -0.450 e. The van der Waals surface area contributed by atoms with Crippen molar-refractivity contribution in [3.05, 3.63) is 39.1 Å². The van der Waals surface area contributed by atoms with Gasteiger partial charge in [-0.15, -0.1) is 0 Å². The lowest BCUT2D eigenvalue weighted by Crippen LogP contribution is -1.81. The highest BCUT2D eigenvalue weighted by Gasteiger charge is 1.95. The zero-order valence-electron chi connectivity index (χ0n) is 6.35. The monoisotopic (exact) mass is 241 g/mol. The van der Waals surface area contributed by atoms with E-state index in [2.05, 4.69) is 26.0 Å². The van der Waals surface area contributed by atoms with Gasteiger partial charge in [-0.25, -0.2) is 0 Å². The van der Waals surface area contributed by atoms with Crippen LogP contribution in [0.25, 0.3) is 16.5 Å². The van der Waals surface area contributed by atoms with Crippen molar-refractivity contribution in [2.45, 2.75) is 0 Å². The number of furan rings is 1. The zero-order chi connectivity index (χ0) is 9.68. The van der Waals surface area contributed by atoms with E-state index in [1.165, 1.54) is 6.08 Å². The molecule has 1 heterocycles. The van der Waals surface area contributed by atoms with Crippen molar-refractivity contribution in [3.63, 3.8) is 0 Å². The fourth-order valence-electron chi connectivity index (χ4n) is 0.649. The molecule has 0 aromatic carbocycles. The Morgan fingerprint density at radius 2 is 2.46 bits per heavy atom. The molecule has 0 aliphatic heterocycles. The van der Waals surface area contributed by atoms with E-state index >= 15 is 0 Å². The van der Waals surface area contributed by atoms with Crippen LogP contribution in [-0.2, 0) is 4.79 Å². The lowest BCUT2D eigenvalue weighted by molar-refractivity contribution is -0.113. The molecule has 0 aliphatic rings. The highest BCUT2D eigenvalue weighted by Crippen LogP contribution is 2.14. The molecule has 0 spiro atoms. The van der Waals surface area contributed by atoms with E-state index in [4.69, 9.17) is 9.95 Å². The Kier molecular flexibility index (Phi) is 3.31. The zero-order valence-corrected chi connectivity index (χ0v) is 7.93. The van der Waals surface area contributed by atoms with E-state index < -0.39 is 5.91 Å². The lowest BCUT2D eigenvalue weighted by Gasteiger charge is -1.81. The molecule has 0 unspecified atom stereocenters. The molecule has 0 bridgehead atoms. The van der Waals surface area contributed by atoms with Gasteiger partial charge in [0.25, 0.3) is 0 Å². The normalized spacial score (nSPS) is 9.92. The topological polar surface area (TPSA) is 79.0 Å². The fraction of sp³-hybridized carbons (Fsp3) is 0. The van der Waals surface area contributed by atoms with Crippen LogP contribution in [-0.4, -0.2) is 5.91 Å². The molecule has 5 nitrogen and oxygen atoms in total. The minimum atomic E-state index is -0.657. The molecule has 1 aromatic heterocycles.